The summed E-state index contributed by atoms with van der Waals surface area (Å²) in [6.45, 7) is 6.94. The van der Waals surface area contributed by atoms with Gasteiger partial charge in [-0.15, -0.1) is 0 Å². The first-order valence-electron chi connectivity index (χ1n) is 8.25. The third-order valence-corrected chi connectivity index (χ3v) is 4.12. The minimum absolute atomic E-state index is 0.0275. The Kier molecular flexibility index (Phi) is 5.46. The molecular weight excluding hydrogens is 274 g/mol. The smallest absolute Gasteiger partial charge is 0.251 e. The van der Waals surface area contributed by atoms with E-state index >= 15 is 0 Å². The van der Waals surface area contributed by atoms with Gasteiger partial charge in [0.05, 0.1) is 0 Å². The van der Waals surface area contributed by atoms with Crippen LogP contribution >= 0.6 is 0 Å². The number of amides is 1. The molecular formula is C18H29N3O. The van der Waals surface area contributed by atoms with E-state index in [-0.39, 0.29) is 11.4 Å². The van der Waals surface area contributed by atoms with Gasteiger partial charge in [-0.25, -0.2) is 0 Å². The Morgan fingerprint density at radius 1 is 1.14 bits per heavy atom. The predicted octanol–water partition coefficient (Wildman–Crippen LogP) is 3.14. The van der Waals surface area contributed by atoms with E-state index in [9.17, 15) is 4.79 Å². The maximum atomic E-state index is 12.1. The summed E-state index contributed by atoms with van der Waals surface area (Å²) in [5.74, 6) is 0.684. The molecule has 0 saturated heterocycles. The maximum Gasteiger partial charge on any atom is 0.251 e. The topological polar surface area (TPSA) is 67.2 Å². The summed E-state index contributed by atoms with van der Waals surface area (Å²) in [4.78, 5) is 12.1. The molecule has 4 nitrogen and oxygen atoms in total. The molecule has 4 N–H and O–H groups in total. The van der Waals surface area contributed by atoms with Gasteiger partial charge in [0, 0.05) is 29.4 Å². The third-order valence-electron chi connectivity index (χ3n) is 4.12. The maximum absolute atomic E-state index is 12.1. The van der Waals surface area contributed by atoms with Crippen LogP contribution in [0.2, 0.25) is 0 Å². The van der Waals surface area contributed by atoms with Crippen molar-refractivity contribution < 1.29 is 4.79 Å². The van der Waals surface area contributed by atoms with Gasteiger partial charge in [0.25, 0.3) is 5.91 Å². The molecule has 1 amide bonds. The van der Waals surface area contributed by atoms with Crippen LogP contribution in [0.5, 0.6) is 0 Å². The normalized spacial score (nSPS) is 22.2. The van der Waals surface area contributed by atoms with Crippen LogP contribution in [0.1, 0.15) is 56.8 Å². The second kappa shape index (κ2) is 7.14. The van der Waals surface area contributed by atoms with Crippen molar-refractivity contribution in [2.75, 3.05) is 11.9 Å². The standard InChI is InChI=1S/C18H29N3O/c1-18(2,3)21-17(22)14-6-10-16(11-7-14)20-12-13-4-8-15(19)9-5-13/h6-7,10-11,13,15,20H,4-5,8-9,12,19H2,1-3H3,(H,21,22). The van der Waals surface area contributed by atoms with Gasteiger partial charge in [0.15, 0.2) is 0 Å². The Hall–Kier alpha value is -1.55. The molecule has 0 unspecified atom stereocenters. The minimum atomic E-state index is -0.212. The summed E-state index contributed by atoms with van der Waals surface area (Å²) in [5, 5.41) is 6.44. The molecule has 0 bridgehead atoms. The van der Waals surface area contributed by atoms with E-state index in [1.807, 2.05) is 45.0 Å². The van der Waals surface area contributed by atoms with Crippen LogP contribution in [0.15, 0.2) is 24.3 Å². The highest BCUT2D eigenvalue weighted by Crippen LogP contribution is 2.23. The lowest BCUT2D eigenvalue weighted by atomic mass is 9.86. The molecule has 0 aliphatic heterocycles. The highest BCUT2D eigenvalue weighted by molar-refractivity contribution is 5.94. The number of benzene rings is 1. The molecule has 1 aliphatic rings. The van der Waals surface area contributed by atoms with Crippen molar-refractivity contribution in [2.24, 2.45) is 11.7 Å². The SMILES string of the molecule is CC(C)(C)NC(=O)c1ccc(NCC2CCC(N)CC2)cc1. The number of carbonyl (C=O) groups is 1. The number of anilines is 1. The fourth-order valence-electron chi connectivity index (χ4n) is 2.81. The largest absolute Gasteiger partial charge is 0.385 e. The van der Waals surface area contributed by atoms with Crippen LogP contribution in [0.3, 0.4) is 0 Å². The molecule has 1 aromatic carbocycles. The van der Waals surface area contributed by atoms with Gasteiger partial charge in [-0.2, -0.15) is 0 Å². The van der Waals surface area contributed by atoms with E-state index in [4.69, 9.17) is 5.73 Å². The number of carbonyl (C=O) groups excluding carboxylic acids is 1. The van der Waals surface area contributed by atoms with Gasteiger partial charge in [-0.1, -0.05) is 0 Å². The molecule has 0 aromatic heterocycles. The number of nitrogens with one attached hydrogen (secondary N) is 2. The molecule has 1 aliphatic carbocycles. The van der Waals surface area contributed by atoms with E-state index < -0.39 is 0 Å². The van der Waals surface area contributed by atoms with Gasteiger partial charge in [-0.05, 0) is 76.6 Å². The Morgan fingerprint density at radius 3 is 2.27 bits per heavy atom. The summed E-state index contributed by atoms with van der Waals surface area (Å²) >= 11 is 0. The third kappa shape index (κ3) is 5.34. The van der Waals surface area contributed by atoms with Gasteiger partial charge < -0.3 is 16.4 Å². The number of hydrogen-bond acceptors (Lipinski definition) is 3. The fourth-order valence-corrected chi connectivity index (χ4v) is 2.81. The van der Waals surface area contributed by atoms with Crippen molar-refractivity contribution in [3.05, 3.63) is 29.8 Å². The minimum Gasteiger partial charge on any atom is -0.385 e. The lowest BCUT2D eigenvalue weighted by Gasteiger charge is -2.26. The van der Waals surface area contributed by atoms with E-state index in [1.54, 1.807) is 0 Å². The van der Waals surface area contributed by atoms with Crippen LogP contribution in [-0.4, -0.2) is 24.0 Å². The molecule has 2 rings (SSSR count). The van der Waals surface area contributed by atoms with E-state index in [0.29, 0.717) is 17.5 Å². The first-order chi connectivity index (χ1) is 10.3. The monoisotopic (exact) mass is 303 g/mol. The van der Waals surface area contributed by atoms with Gasteiger partial charge in [0.2, 0.25) is 0 Å². The molecule has 4 heteroatoms. The molecule has 0 spiro atoms. The summed E-state index contributed by atoms with van der Waals surface area (Å²) < 4.78 is 0. The average Bonchev–Trinajstić information content (AvgIpc) is 2.45. The first kappa shape index (κ1) is 16.8. The summed E-state index contributed by atoms with van der Waals surface area (Å²) in [6.07, 6.45) is 4.69. The molecule has 0 atom stereocenters. The molecule has 1 fully saturated rings. The van der Waals surface area contributed by atoms with Crippen LogP contribution < -0.4 is 16.4 Å². The second-order valence-electron chi connectivity index (χ2n) is 7.44. The quantitative estimate of drug-likeness (QED) is 0.800. The molecule has 0 radical (unpaired) electrons. The zero-order valence-electron chi connectivity index (χ0n) is 14.0. The molecule has 122 valence electrons. The van der Waals surface area contributed by atoms with Crippen molar-refractivity contribution in [2.45, 2.75) is 58.0 Å². The second-order valence-corrected chi connectivity index (χ2v) is 7.44. The Balaban J connectivity index is 1.83. The van der Waals surface area contributed by atoms with Crippen LogP contribution in [0.25, 0.3) is 0 Å². The molecule has 22 heavy (non-hydrogen) atoms. The van der Waals surface area contributed by atoms with E-state index in [1.165, 1.54) is 12.8 Å². The highest BCUT2D eigenvalue weighted by Gasteiger charge is 2.18. The Morgan fingerprint density at radius 2 is 1.73 bits per heavy atom. The lowest BCUT2D eigenvalue weighted by molar-refractivity contribution is 0.0919. The van der Waals surface area contributed by atoms with Crippen LogP contribution in [0.4, 0.5) is 5.69 Å². The zero-order chi connectivity index (χ0) is 16.2. The highest BCUT2D eigenvalue weighted by atomic mass is 16.1. The van der Waals surface area contributed by atoms with Crippen molar-refractivity contribution in [1.29, 1.82) is 0 Å². The van der Waals surface area contributed by atoms with Crippen LogP contribution in [0, 0.1) is 5.92 Å². The van der Waals surface area contributed by atoms with Gasteiger partial charge >= 0.3 is 0 Å². The number of hydrogen-bond donors (Lipinski definition) is 3. The summed E-state index contributed by atoms with van der Waals surface area (Å²) in [6, 6.07) is 8.11. The van der Waals surface area contributed by atoms with E-state index in [2.05, 4.69) is 10.6 Å². The van der Waals surface area contributed by atoms with Crippen LogP contribution in [-0.2, 0) is 0 Å². The van der Waals surface area contributed by atoms with Crippen molar-refractivity contribution in [1.82, 2.24) is 5.32 Å². The molecule has 1 aromatic rings. The average molecular weight is 303 g/mol. The van der Waals surface area contributed by atoms with Crippen molar-refractivity contribution in [3.63, 3.8) is 0 Å². The Bertz CT molecular complexity index is 482. The number of rotatable bonds is 4. The lowest BCUT2D eigenvalue weighted by Crippen LogP contribution is -2.40. The van der Waals surface area contributed by atoms with Gasteiger partial charge in [-0.3, -0.25) is 4.79 Å². The predicted molar refractivity (Wildman–Crippen MR) is 92.1 cm³/mol. The summed E-state index contributed by atoms with van der Waals surface area (Å²) in [7, 11) is 0. The summed E-state index contributed by atoms with van der Waals surface area (Å²) in [5.41, 5.74) is 7.49. The first-order valence-corrected chi connectivity index (χ1v) is 8.25. The fraction of sp³-hybridized carbons (Fsp3) is 0.611. The molecule has 1 saturated carbocycles. The number of nitrogens with two attached hydrogens (primary N) is 1. The van der Waals surface area contributed by atoms with Crippen molar-refractivity contribution in [3.8, 4) is 0 Å². The van der Waals surface area contributed by atoms with Crippen molar-refractivity contribution >= 4 is 11.6 Å². The van der Waals surface area contributed by atoms with E-state index in [0.717, 1.165) is 25.1 Å². The Labute approximate surface area is 133 Å². The molecule has 0 heterocycles. The zero-order valence-corrected chi connectivity index (χ0v) is 14.0. The van der Waals surface area contributed by atoms with Gasteiger partial charge in [0.1, 0.15) is 0 Å².